The minimum atomic E-state index is -3.00. The highest BCUT2D eigenvalue weighted by Gasteiger charge is 2.37. The number of carboxylic acids is 2. The van der Waals surface area contributed by atoms with Gasteiger partial charge in [-0.1, -0.05) is 0 Å². The van der Waals surface area contributed by atoms with E-state index in [9.17, 15) is 32.6 Å². The molecule has 3 heterocycles. The molecule has 2 N–H and O–H groups in total. The zero-order valence-corrected chi connectivity index (χ0v) is 17.6. The molecule has 0 bridgehead atoms. The Balaban J connectivity index is 1.59. The number of hydrogen-bond donors (Lipinski definition) is 2. The summed E-state index contributed by atoms with van der Waals surface area (Å²) in [5, 5.41) is 19.7. The van der Waals surface area contributed by atoms with E-state index in [1.165, 1.54) is 29.0 Å². The maximum Gasteiger partial charge on any atom is 0.325 e. The van der Waals surface area contributed by atoms with E-state index in [2.05, 4.69) is 4.90 Å². The SMILES string of the molecule is O=C(O)Cn1cc([C@H](C(=O)O)N2CCN([C@@H]3CCS(=O)(=O)C3)CC2)c2ccc(F)cc21. The third-order valence-electron chi connectivity index (χ3n) is 6.15. The summed E-state index contributed by atoms with van der Waals surface area (Å²) in [6, 6.07) is 2.87. The van der Waals surface area contributed by atoms with Gasteiger partial charge >= 0.3 is 11.9 Å². The van der Waals surface area contributed by atoms with Crippen molar-refractivity contribution in [3.05, 3.63) is 35.8 Å². The third kappa shape index (κ3) is 4.43. The first kappa shape index (κ1) is 21.7. The third-order valence-corrected chi connectivity index (χ3v) is 7.90. The van der Waals surface area contributed by atoms with E-state index in [0.29, 0.717) is 49.1 Å². The van der Waals surface area contributed by atoms with Crippen LogP contribution in [0.2, 0.25) is 0 Å². The number of aliphatic carboxylic acids is 2. The molecule has 1 aromatic heterocycles. The highest BCUT2D eigenvalue weighted by atomic mass is 32.2. The molecule has 11 heteroatoms. The number of halogens is 1. The van der Waals surface area contributed by atoms with Crippen molar-refractivity contribution in [3.8, 4) is 0 Å². The highest BCUT2D eigenvalue weighted by Crippen LogP contribution is 2.32. The van der Waals surface area contributed by atoms with Crippen LogP contribution in [-0.4, -0.2) is 88.7 Å². The molecule has 0 unspecified atom stereocenters. The lowest BCUT2D eigenvalue weighted by atomic mass is 10.0. The van der Waals surface area contributed by atoms with Crippen LogP contribution in [0.25, 0.3) is 10.9 Å². The minimum Gasteiger partial charge on any atom is -0.480 e. The summed E-state index contributed by atoms with van der Waals surface area (Å²) < 4.78 is 38.7. The molecule has 2 atom stereocenters. The number of hydrogen-bond acceptors (Lipinski definition) is 6. The standard InChI is InChI=1S/C20H24FN3O6S/c21-13-1-2-15-16(10-24(11-18(25)26)17(15)9-13)19(20(27)28)23-6-4-22(5-7-23)14-3-8-31(29,30)12-14/h1-2,9-10,14,19H,3-8,11-12H2,(H,25,26)(H,27,28)/t14-,19-/m1/s1. The Morgan fingerprint density at radius 1 is 1.16 bits per heavy atom. The molecule has 2 aliphatic heterocycles. The van der Waals surface area contributed by atoms with E-state index in [4.69, 9.17) is 0 Å². The normalized spacial score (nSPS) is 23.2. The zero-order valence-electron chi connectivity index (χ0n) is 16.8. The molecular formula is C20H24FN3O6S. The van der Waals surface area contributed by atoms with Gasteiger partial charge in [0.2, 0.25) is 0 Å². The molecule has 2 aliphatic rings. The fourth-order valence-corrected chi connectivity index (χ4v) is 6.46. The number of rotatable bonds is 6. The molecule has 2 fully saturated rings. The quantitative estimate of drug-likeness (QED) is 0.659. The Kier molecular flexibility index (Phi) is 5.75. The van der Waals surface area contributed by atoms with Gasteiger partial charge in [-0.15, -0.1) is 0 Å². The average Bonchev–Trinajstić information content (AvgIpc) is 3.22. The number of sulfone groups is 1. The second kappa shape index (κ2) is 8.21. The zero-order chi connectivity index (χ0) is 22.3. The molecule has 0 amide bonds. The van der Waals surface area contributed by atoms with Crippen LogP contribution in [-0.2, 0) is 26.0 Å². The lowest BCUT2D eigenvalue weighted by Crippen LogP contribution is -2.52. The lowest BCUT2D eigenvalue weighted by molar-refractivity contribution is -0.144. The number of nitrogens with zero attached hydrogens (tertiary/aromatic N) is 3. The second-order valence-electron chi connectivity index (χ2n) is 8.14. The Bertz CT molecular complexity index is 1120. The van der Waals surface area contributed by atoms with Crippen LogP contribution in [0.1, 0.15) is 18.0 Å². The van der Waals surface area contributed by atoms with E-state index in [1.807, 2.05) is 0 Å². The van der Waals surface area contributed by atoms with Crippen molar-refractivity contribution in [2.24, 2.45) is 0 Å². The van der Waals surface area contributed by atoms with Crippen molar-refractivity contribution >= 4 is 32.7 Å². The average molecular weight is 453 g/mol. The van der Waals surface area contributed by atoms with Gasteiger partial charge in [0.05, 0.1) is 17.0 Å². The predicted molar refractivity (Wildman–Crippen MR) is 110 cm³/mol. The molecule has 0 saturated carbocycles. The van der Waals surface area contributed by atoms with E-state index in [-0.39, 0.29) is 17.5 Å². The maximum absolute atomic E-state index is 13.8. The van der Waals surface area contributed by atoms with E-state index < -0.39 is 40.2 Å². The number of carboxylic acid groups (broad SMARTS) is 2. The van der Waals surface area contributed by atoms with Gasteiger partial charge in [0.15, 0.2) is 9.84 Å². The number of fused-ring (bicyclic) bond motifs is 1. The van der Waals surface area contributed by atoms with Gasteiger partial charge in [-0.05, 0) is 24.6 Å². The Hall–Kier alpha value is -2.50. The summed E-state index contributed by atoms with van der Waals surface area (Å²) in [7, 11) is -3.00. The number of carbonyl (C=O) groups is 2. The van der Waals surface area contributed by atoms with Crippen LogP contribution in [0, 0.1) is 5.82 Å². The van der Waals surface area contributed by atoms with E-state index in [1.54, 1.807) is 4.90 Å². The van der Waals surface area contributed by atoms with Crippen molar-refractivity contribution in [2.75, 3.05) is 37.7 Å². The first-order chi connectivity index (χ1) is 14.6. The number of benzene rings is 1. The van der Waals surface area contributed by atoms with Crippen LogP contribution in [0.15, 0.2) is 24.4 Å². The molecule has 4 rings (SSSR count). The summed E-state index contributed by atoms with van der Waals surface area (Å²) >= 11 is 0. The van der Waals surface area contributed by atoms with Gasteiger partial charge in [-0.25, -0.2) is 12.8 Å². The van der Waals surface area contributed by atoms with Gasteiger partial charge in [0, 0.05) is 49.4 Å². The van der Waals surface area contributed by atoms with Crippen LogP contribution in [0.5, 0.6) is 0 Å². The molecule has 1 aromatic carbocycles. The smallest absolute Gasteiger partial charge is 0.325 e. The summed E-state index contributed by atoms with van der Waals surface area (Å²) in [6.45, 7) is 1.55. The summed E-state index contributed by atoms with van der Waals surface area (Å²) in [6.07, 6.45) is 2.08. The maximum atomic E-state index is 13.8. The number of aromatic nitrogens is 1. The largest absolute Gasteiger partial charge is 0.480 e. The van der Waals surface area contributed by atoms with Gasteiger partial charge < -0.3 is 14.8 Å². The Labute approximate surface area is 178 Å². The molecule has 0 radical (unpaired) electrons. The van der Waals surface area contributed by atoms with Crippen molar-refractivity contribution in [2.45, 2.75) is 25.0 Å². The minimum absolute atomic E-state index is 0.0316. The van der Waals surface area contributed by atoms with Crippen molar-refractivity contribution in [3.63, 3.8) is 0 Å². The van der Waals surface area contributed by atoms with Crippen molar-refractivity contribution in [1.29, 1.82) is 0 Å². The summed E-state index contributed by atoms with van der Waals surface area (Å²) in [5.74, 6) is -2.38. The fourth-order valence-electron chi connectivity index (χ4n) is 4.70. The first-order valence-corrected chi connectivity index (χ1v) is 11.9. The second-order valence-corrected chi connectivity index (χ2v) is 10.4. The fraction of sp³-hybridized carbons (Fsp3) is 0.500. The van der Waals surface area contributed by atoms with E-state index in [0.717, 1.165) is 0 Å². The predicted octanol–water partition coefficient (Wildman–Crippen LogP) is 0.795. The van der Waals surface area contributed by atoms with Gasteiger partial charge in [0.25, 0.3) is 0 Å². The van der Waals surface area contributed by atoms with E-state index >= 15 is 0 Å². The van der Waals surface area contributed by atoms with Crippen molar-refractivity contribution < 1.29 is 32.6 Å². The van der Waals surface area contributed by atoms with Gasteiger partial charge in [0.1, 0.15) is 18.4 Å². The molecule has 2 aromatic rings. The molecule has 0 spiro atoms. The van der Waals surface area contributed by atoms with Gasteiger partial charge in [-0.2, -0.15) is 0 Å². The molecule has 168 valence electrons. The lowest BCUT2D eigenvalue weighted by Gasteiger charge is -2.40. The molecule has 31 heavy (non-hydrogen) atoms. The molecule has 2 saturated heterocycles. The first-order valence-electron chi connectivity index (χ1n) is 10.1. The Morgan fingerprint density at radius 3 is 2.45 bits per heavy atom. The molecule has 9 nitrogen and oxygen atoms in total. The van der Waals surface area contributed by atoms with Crippen molar-refractivity contribution in [1.82, 2.24) is 14.4 Å². The molecule has 0 aliphatic carbocycles. The number of piperazine rings is 1. The monoisotopic (exact) mass is 453 g/mol. The summed E-state index contributed by atoms with van der Waals surface area (Å²) in [5.41, 5.74) is 0.749. The highest BCUT2D eigenvalue weighted by molar-refractivity contribution is 7.91. The van der Waals surface area contributed by atoms with Crippen LogP contribution in [0.3, 0.4) is 0 Å². The van der Waals surface area contributed by atoms with Crippen LogP contribution < -0.4 is 0 Å². The summed E-state index contributed by atoms with van der Waals surface area (Å²) in [4.78, 5) is 27.4. The topological polar surface area (TPSA) is 120 Å². The Morgan fingerprint density at radius 2 is 1.87 bits per heavy atom. The van der Waals surface area contributed by atoms with Crippen LogP contribution in [0.4, 0.5) is 4.39 Å². The molecular weight excluding hydrogens is 429 g/mol. The van der Waals surface area contributed by atoms with Gasteiger partial charge in [-0.3, -0.25) is 19.4 Å². The van der Waals surface area contributed by atoms with Crippen LogP contribution >= 0.6 is 0 Å².